The molecule has 7 heteroatoms. The van der Waals surface area contributed by atoms with Crippen LogP contribution in [0.5, 0.6) is 5.75 Å². The average Bonchev–Trinajstić information content (AvgIpc) is 2.94. The molecule has 1 heterocycles. The molecule has 0 aliphatic rings. The van der Waals surface area contributed by atoms with E-state index in [0.29, 0.717) is 6.54 Å². The number of hydrogen-bond donors (Lipinski definition) is 1. The quantitative estimate of drug-likeness (QED) is 0.766. The molecular formula is C16H19BrN2O3S. The minimum absolute atomic E-state index is 0.00470. The highest BCUT2D eigenvalue weighted by Gasteiger charge is 2.17. The number of carbonyl (C=O) groups is 1. The summed E-state index contributed by atoms with van der Waals surface area (Å²) in [5.74, 6) is -0.0665. The average molecular weight is 399 g/mol. The van der Waals surface area contributed by atoms with Crippen LogP contribution in [0.2, 0.25) is 0 Å². The van der Waals surface area contributed by atoms with Crippen molar-refractivity contribution < 1.29 is 14.6 Å². The lowest BCUT2D eigenvalue weighted by molar-refractivity contribution is -0.138. The zero-order valence-electron chi connectivity index (χ0n) is 13.2. The van der Waals surface area contributed by atoms with Gasteiger partial charge in [-0.05, 0) is 32.0 Å². The number of methoxy groups -OCH3 is 1. The number of carboxylic acids is 1. The van der Waals surface area contributed by atoms with Gasteiger partial charge in [0.25, 0.3) is 0 Å². The Morgan fingerprint density at radius 2 is 2.22 bits per heavy atom. The zero-order valence-corrected chi connectivity index (χ0v) is 15.6. The summed E-state index contributed by atoms with van der Waals surface area (Å²) in [5, 5.41) is 11.8. The molecule has 0 spiro atoms. The van der Waals surface area contributed by atoms with Crippen molar-refractivity contribution in [2.24, 2.45) is 0 Å². The molecule has 0 saturated carbocycles. The van der Waals surface area contributed by atoms with Gasteiger partial charge in [0.05, 0.1) is 24.9 Å². The number of rotatable bonds is 7. The van der Waals surface area contributed by atoms with Crippen molar-refractivity contribution in [1.29, 1.82) is 0 Å². The van der Waals surface area contributed by atoms with Crippen LogP contribution in [-0.4, -0.2) is 40.7 Å². The van der Waals surface area contributed by atoms with E-state index in [2.05, 4.69) is 20.9 Å². The van der Waals surface area contributed by atoms with Crippen LogP contribution in [0.3, 0.4) is 0 Å². The summed E-state index contributed by atoms with van der Waals surface area (Å²) in [5.41, 5.74) is 1.79. The van der Waals surface area contributed by atoms with Crippen LogP contribution in [0.4, 0.5) is 0 Å². The number of halogens is 1. The maximum absolute atomic E-state index is 11.0. The Bertz CT molecular complexity index is 688. The first-order valence-electron chi connectivity index (χ1n) is 7.15. The van der Waals surface area contributed by atoms with E-state index in [1.165, 1.54) is 11.3 Å². The smallest absolute Gasteiger partial charge is 0.317 e. The first kappa shape index (κ1) is 17.9. The van der Waals surface area contributed by atoms with E-state index in [0.717, 1.165) is 26.5 Å². The number of carboxylic acid groups (broad SMARTS) is 1. The molecule has 1 N–H and O–H groups in total. The second-order valence-corrected chi connectivity index (χ2v) is 7.15. The summed E-state index contributed by atoms with van der Waals surface area (Å²) in [7, 11) is 1.63. The molecule has 0 saturated heterocycles. The van der Waals surface area contributed by atoms with E-state index in [-0.39, 0.29) is 12.6 Å². The summed E-state index contributed by atoms with van der Waals surface area (Å²) in [4.78, 5) is 17.5. The van der Waals surface area contributed by atoms with Gasteiger partial charge in [0.1, 0.15) is 10.8 Å². The fourth-order valence-electron chi connectivity index (χ4n) is 2.15. The largest absolute Gasteiger partial charge is 0.496 e. The molecule has 2 rings (SSSR count). The van der Waals surface area contributed by atoms with Gasteiger partial charge >= 0.3 is 5.97 Å². The molecule has 0 bridgehead atoms. The fraction of sp³-hybridized carbons (Fsp3) is 0.375. The Labute approximate surface area is 148 Å². The van der Waals surface area contributed by atoms with Gasteiger partial charge in [0, 0.05) is 22.4 Å². The van der Waals surface area contributed by atoms with Gasteiger partial charge in [-0.15, -0.1) is 11.3 Å². The van der Waals surface area contributed by atoms with E-state index < -0.39 is 5.97 Å². The van der Waals surface area contributed by atoms with Crippen LogP contribution < -0.4 is 4.74 Å². The molecule has 0 radical (unpaired) electrons. The maximum Gasteiger partial charge on any atom is 0.317 e. The normalized spacial score (nSPS) is 11.2. The summed E-state index contributed by atoms with van der Waals surface area (Å²) < 4.78 is 6.35. The van der Waals surface area contributed by atoms with Crippen molar-refractivity contribution in [2.75, 3.05) is 13.7 Å². The van der Waals surface area contributed by atoms with Gasteiger partial charge in [-0.25, -0.2) is 4.98 Å². The highest BCUT2D eigenvalue weighted by Crippen LogP contribution is 2.34. The van der Waals surface area contributed by atoms with E-state index >= 15 is 0 Å². The number of aliphatic carboxylic acids is 1. The van der Waals surface area contributed by atoms with E-state index in [4.69, 9.17) is 9.84 Å². The lowest BCUT2D eigenvalue weighted by Crippen LogP contribution is -2.35. The van der Waals surface area contributed by atoms with Crippen LogP contribution in [-0.2, 0) is 11.3 Å². The lowest BCUT2D eigenvalue weighted by atomic mass is 10.2. The molecule has 0 amide bonds. The summed E-state index contributed by atoms with van der Waals surface area (Å²) in [6.07, 6.45) is 0. The molecule has 0 fully saturated rings. The Balaban J connectivity index is 2.23. The summed E-state index contributed by atoms with van der Waals surface area (Å²) >= 11 is 4.99. The zero-order chi connectivity index (χ0) is 17.0. The molecule has 23 heavy (non-hydrogen) atoms. The molecule has 0 unspecified atom stereocenters. The fourth-order valence-corrected chi connectivity index (χ4v) is 3.35. The van der Waals surface area contributed by atoms with Crippen LogP contribution >= 0.6 is 27.3 Å². The Morgan fingerprint density at radius 1 is 1.48 bits per heavy atom. The number of benzene rings is 1. The topological polar surface area (TPSA) is 62.7 Å². The summed E-state index contributed by atoms with van der Waals surface area (Å²) in [6, 6.07) is 5.92. The second kappa shape index (κ2) is 7.90. The Kier molecular flexibility index (Phi) is 6.15. The molecule has 1 aromatic heterocycles. The van der Waals surface area contributed by atoms with Crippen LogP contribution in [0.1, 0.15) is 19.5 Å². The second-order valence-electron chi connectivity index (χ2n) is 5.38. The molecular weight excluding hydrogens is 380 g/mol. The third-order valence-corrected chi connectivity index (χ3v) is 4.80. The molecule has 0 atom stereocenters. The van der Waals surface area contributed by atoms with Crippen molar-refractivity contribution >= 4 is 33.2 Å². The van der Waals surface area contributed by atoms with Crippen molar-refractivity contribution in [3.8, 4) is 16.3 Å². The summed E-state index contributed by atoms with van der Waals surface area (Å²) in [6.45, 7) is 4.47. The third kappa shape index (κ3) is 4.76. The van der Waals surface area contributed by atoms with Gasteiger partial charge in [-0.3, -0.25) is 9.69 Å². The first-order chi connectivity index (χ1) is 10.9. The molecule has 5 nitrogen and oxygen atoms in total. The van der Waals surface area contributed by atoms with Gasteiger partial charge < -0.3 is 9.84 Å². The van der Waals surface area contributed by atoms with Crippen LogP contribution in [0.15, 0.2) is 28.1 Å². The van der Waals surface area contributed by atoms with Gasteiger partial charge in [-0.1, -0.05) is 15.9 Å². The third-order valence-electron chi connectivity index (χ3n) is 3.38. The highest BCUT2D eigenvalue weighted by molar-refractivity contribution is 9.10. The standard InChI is InChI=1S/C16H19BrN2O3S/c1-10(2)19(8-15(20)21)7-12-9-23-16(18-12)13-6-11(17)4-5-14(13)22-3/h4-6,9-10H,7-8H2,1-3H3,(H,20,21). The van der Waals surface area contributed by atoms with Crippen molar-refractivity contribution in [3.05, 3.63) is 33.7 Å². The molecule has 1 aromatic carbocycles. The van der Waals surface area contributed by atoms with Gasteiger partial charge in [-0.2, -0.15) is 0 Å². The van der Waals surface area contributed by atoms with Crippen molar-refractivity contribution in [3.63, 3.8) is 0 Å². The first-order valence-corrected chi connectivity index (χ1v) is 8.82. The SMILES string of the molecule is COc1ccc(Br)cc1-c1nc(CN(CC(=O)O)C(C)C)cs1. The van der Waals surface area contributed by atoms with Crippen molar-refractivity contribution in [2.45, 2.75) is 26.4 Å². The van der Waals surface area contributed by atoms with Gasteiger partial charge in [0.15, 0.2) is 0 Å². The lowest BCUT2D eigenvalue weighted by Gasteiger charge is -2.23. The van der Waals surface area contributed by atoms with E-state index in [9.17, 15) is 4.79 Å². The van der Waals surface area contributed by atoms with Crippen molar-refractivity contribution in [1.82, 2.24) is 9.88 Å². The Morgan fingerprint density at radius 3 is 2.83 bits per heavy atom. The monoisotopic (exact) mass is 398 g/mol. The number of hydrogen-bond acceptors (Lipinski definition) is 5. The van der Waals surface area contributed by atoms with E-state index in [1.807, 2.05) is 42.3 Å². The predicted octanol–water partition coefficient (Wildman–Crippen LogP) is 3.88. The molecule has 124 valence electrons. The molecule has 0 aliphatic carbocycles. The van der Waals surface area contributed by atoms with Crippen LogP contribution in [0.25, 0.3) is 10.6 Å². The molecule has 0 aliphatic heterocycles. The number of nitrogens with zero attached hydrogens (tertiary/aromatic N) is 2. The molecule has 2 aromatic rings. The predicted molar refractivity (Wildman–Crippen MR) is 95.0 cm³/mol. The number of thiazole rings is 1. The maximum atomic E-state index is 11.0. The number of ether oxygens (including phenoxy) is 1. The number of aromatic nitrogens is 1. The van der Waals surface area contributed by atoms with E-state index in [1.54, 1.807) is 7.11 Å². The van der Waals surface area contributed by atoms with Crippen LogP contribution in [0, 0.1) is 0 Å². The highest BCUT2D eigenvalue weighted by atomic mass is 79.9. The van der Waals surface area contributed by atoms with Gasteiger partial charge in [0.2, 0.25) is 0 Å². The Hall–Kier alpha value is -1.44. The minimum atomic E-state index is -0.831. The minimum Gasteiger partial charge on any atom is -0.496 e.